The highest BCUT2D eigenvalue weighted by atomic mass is 16.2. The Balaban J connectivity index is 1.95. The topological polar surface area (TPSA) is 70.7 Å². The van der Waals surface area contributed by atoms with Gasteiger partial charge in [0.15, 0.2) is 0 Å². The number of aryl methyl sites for hydroxylation is 2. The van der Waals surface area contributed by atoms with E-state index < -0.39 is 0 Å². The standard InChI is InChI=1S/C18H18N4O/c1-11-12(2)20-17(9-15(11)14-7-5-4-6-8-14)22-18(23)16-10-19-13(3)21-16/h4-10H,1-3H3,(H,19,21)(H,20,22,23). The second-order valence-electron chi connectivity index (χ2n) is 5.47. The fourth-order valence-corrected chi connectivity index (χ4v) is 2.44. The number of anilines is 1. The van der Waals surface area contributed by atoms with Crippen molar-refractivity contribution in [1.82, 2.24) is 15.0 Å². The maximum Gasteiger partial charge on any atom is 0.274 e. The molecule has 0 unspecified atom stereocenters. The first-order valence-corrected chi connectivity index (χ1v) is 7.41. The Hall–Kier alpha value is -2.95. The van der Waals surface area contributed by atoms with E-state index in [1.54, 1.807) is 6.92 Å². The number of aromatic nitrogens is 3. The lowest BCUT2D eigenvalue weighted by Gasteiger charge is -2.12. The zero-order valence-corrected chi connectivity index (χ0v) is 13.3. The van der Waals surface area contributed by atoms with Crippen molar-refractivity contribution >= 4 is 11.7 Å². The van der Waals surface area contributed by atoms with Crippen molar-refractivity contribution in [3.05, 3.63) is 65.4 Å². The number of pyridine rings is 1. The van der Waals surface area contributed by atoms with Crippen LogP contribution in [0.4, 0.5) is 5.82 Å². The highest BCUT2D eigenvalue weighted by Crippen LogP contribution is 2.27. The predicted octanol–water partition coefficient (Wildman–Crippen LogP) is 3.65. The molecule has 0 saturated heterocycles. The van der Waals surface area contributed by atoms with Gasteiger partial charge in [-0.3, -0.25) is 4.79 Å². The van der Waals surface area contributed by atoms with Gasteiger partial charge in [0, 0.05) is 5.69 Å². The summed E-state index contributed by atoms with van der Waals surface area (Å²) in [5.41, 5.74) is 4.58. The van der Waals surface area contributed by atoms with Crippen molar-refractivity contribution in [2.75, 3.05) is 5.32 Å². The lowest BCUT2D eigenvalue weighted by atomic mass is 10.0. The van der Waals surface area contributed by atoms with E-state index in [4.69, 9.17) is 0 Å². The fraction of sp³-hybridized carbons (Fsp3) is 0.167. The van der Waals surface area contributed by atoms with Crippen LogP contribution in [0.2, 0.25) is 0 Å². The van der Waals surface area contributed by atoms with Crippen LogP contribution >= 0.6 is 0 Å². The molecular weight excluding hydrogens is 288 g/mol. The minimum atomic E-state index is -0.250. The third-order valence-corrected chi connectivity index (χ3v) is 3.79. The molecule has 5 heteroatoms. The summed E-state index contributed by atoms with van der Waals surface area (Å²) in [6.45, 7) is 5.78. The fourth-order valence-electron chi connectivity index (χ4n) is 2.44. The number of nitrogens with one attached hydrogen (secondary N) is 2. The van der Waals surface area contributed by atoms with E-state index in [0.717, 1.165) is 22.4 Å². The van der Waals surface area contributed by atoms with Crippen LogP contribution in [0.15, 0.2) is 42.6 Å². The summed E-state index contributed by atoms with van der Waals surface area (Å²) in [5, 5.41) is 2.83. The Morgan fingerprint density at radius 2 is 1.87 bits per heavy atom. The molecule has 5 nitrogen and oxygen atoms in total. The molecule has 0 fully saturated rings. The van der Waals surface area contributed by atoms with E-state index in [1.165, 1.54) is 6.20 Å². The molecule has 0 saturated carbocycles. The van der Waals surface area contributed by atoms with E-state index in [-0.39, 0.29) is 5.91 Å². The molecule has 3 aromatic rings. The Kier molecular flexibility index (Phi) is 3.93. The molecule has 23 heavy (non-hydrogen) atoms. The summed E-state index contributed by atoms with van der Waals surface area (Å²) < 4.78 is 0. The minimum Gasteiger partial charge on any atom is -0.338 e. The summed E-state index contributed by atoms with van der Waals surface area (Å²) >= 11 is 0. The summed E-state index contributed by atoms with van der Waals surface area (Å²) in [5.74, 6) is 0.984. The lowest BCUT2D eigenvalue weighted by molar-refractivity contribution is 0.102. The molecule has 0 aliphatic heterocycles. The first-order chi connectivity index (χ1) is 11.0. The first-order valence-electron chi connectivity index (χ1n) is 7.41. The van der Waals surface area contributed by atoms with Crippen LogP contribution in [0.25, 0.3) is 11.1 Å². The van der Waals surface area contributed by atoms with Gasteiger partial charge < -0.3 is 10.3 Å². The lowest BCUT2D eigenvalue weighted by Crippen LogP contribution is -2.14. The summed E-state index contributed by atoms with van der Waals surface area (Å²) in [6, 6.07) is 12.0. The number of carbonyl (C=O) groups is 1. The van der Waals surface area contributed by atoms with Gasteiger partial charge >= 0.3 is 0 Å². The molecule has 0 radical (unpaired) electrons. The normalized spacial score (nSPS) is 10.6. The Bertz CT molecular complexity index is 853. The number of nitrogens with zero attached hydrogens (tertiary/aromatic N) is 2. The molecular formula is C18H18N4O. The number of hydrogen-bond donors (Lipinski definition) is 2. The van der Waals surface area contributed by atoms with Crippen LogP contribution < -0.4 is 5.32 Å². The van der Waals surface area contributed by atoms with Crippen molar-refractivity contribution in [2.45, 2.75) is 20.8 Å². The highest BCUT2D eigenvalue weighted by molar-refractivity contribution is 6.02. The van der Waals surface area contributed by atoms with Crippen molar-refractivity contribution in [3.8, 4) is 11.1 Å². The van der Waals surface area contributed by atoms with Gasteiger partial charge in [-0.25, -0.2) is 9.97 Å². The zero-order chi connectivity index (χ0) is 16.4. The van der Waals surface area contributed by atoms with Gasteiger partial charge in [0.1, 0.15) is 17.3 Å². The SMILES string of the molecule is Cc1ncc(C(=O)Nc2cc(-c3ccccc3)c(C)c(C)n2)[nH]1. The van der Waals surface area contributed by atoms with Crippen molar-refractivity contribution < 1.29 is 4.79 Å². The number of amides is 1. The number of imidazole rings is 1. The molecule has 0 bridgehead atoms. The number of rotatable bonds is 3. The molecule has 2 N–H and O–H groups in total. The van der Waals surface area contributed by atoms with E-state index in [1.807, 2.05) is 50.2 Å². The Labute approximate surface area is 134 Å². The first kappa shape index (κ1) is 15.0. The summed E-state index contributed by atoms with van der Waals surface area (Å²) in [6.07, 6.45) is 1.52. The van der Waals surface area contributed by atoms with Gasteiger partial charge in [-0.15, -0.1) is 0 Å². The molecule has 0 aliphatic rings. The third kappa shape index (κ3) is 3.13. The molecule has 116 valence electrons. The summed E-state index contributed by atoms with van der Waals surface area (Å²) in [7, 11) is 0. The van der Waals surface area contributed by atoms with Crippen LogP contribution in [0.5, 0.6) is 0 Å². The zero-order valence-electron chi connectivity index (χ0n) is 13.3. The number of hydrogen-bond acceptors (Lipinski definition) is 3. The summed E-state index contributed by atoms with van der Waals surface area (Å²) in [4.78, 5) is 23.7. The average Bonchev–Trinajstić information content (AvgIpc) is 2.98. The smallest absolute Gasteiger partial charge is 0.274 e. The molecule has 0 spiro atoms. The van der Waals surface area contributed by atoms with Crippen molar-refractivity contribution in [1.29, 1.82) is 0 Å². The van der Waals surface area contributed by atoms with Gasteiger partial charge in [-0.05, 0) is 43.5 Å². The Morgan fingerprint density at radius 3 is 2.52 bits per heavy atom. The number of H-pyrrole nitrogens is 1. The van der Waals surface area contributed by atoms with E-state index in [0.29, 0.717) is 17.3 Å². The second-order valence-corrected chi connectivity index (χ2v) is 5.47. The van der Waals surface area contributed by atoms with Gasteiger partial charge in [0.2, 0.25) is 0 Å². The van der Waals surface area contributed by atoms with Gasteiger partial charge in [-0.2, -0.15) is 0 Å². The molecule has 1 amide bonds. The van der Waals surface area contributed by atoms with Gasteiger partial charge in [0.05, 0.1) is 6.20 Å². The molecule has 0 atom stereocenters. The van der Waals surface area contributed by atoms with Crippen LogP contribution in [-0.2, 0) is 0 Å². The largest absolute Gasteiger partial charge is 0.338 e. The van der Waals surface area contributed by atoms with Crippen LogP contribution in [-0.4, -0.2) is 20.9 Å². The van der Waals surface area contributed by atoms with Crippen LogP contribution in [0.3, 0.4) is 0 Å². The maximum atomic E-state index is 12.2. The van der Waals surface area contributed by atoms with Crippen LogP contribution in [0.1, 0.15) is 27.6 Å². The minimum absolute atomic E-state index is 0.250. The van der Waals surface area contributed by atoms with E-state index >= 15 is 0 Å². The molecule has 2 aromatic heterocycles. The van der Waals surface area contributed by atoms with Crippen molar-refractivity contribution in [3.63, 3.8) is 0 Å². The number of benzene rings is 1. The van der Waals surface area contributed by atoms with Crippen molar-refractivity contribution in [2.24, 2.45) is 0 Å². The van der Waals surface area contributed by atoms with E-state index in [2.05, 4.69) is 20.3 Å². The van der Waals surface area contributed by atoms with Gasteiger partial charge in [-0.1, -0.05) is 30.3 Å². The average molecular weight is 306 g/mol. The molecule has 0 aliphatic carbocycles. The third-order valence-electron chi connectivity index (χ3n) is 3.79. The van der Waals surface area contributed by atoms with Gasteiger partial charge in [0.25, 0.3) is 5.91 Å². The van der Waals surface area contributed by atoms with E-state index in [9.17, 15) is 4.79 Å². The highest BCUT2D eigenvalue weighted by Gasteiger charge is 2.12. The predicted molar refractivity (Wildman–Crippen MR) is 90.4 cm³/mol. The molecule has 1 aromatic carbocycles. The molecule has 3 rings (SSSR count). The number of carbonyl (C=O) groups excluding carboxylic acids is 1. The number of aromatic amines is 1. The molecule has 2 heterocycles. The van der Waals surface area contributed by atoms with Crippen LogP contribution in [0, 0.1) is 20.8 Å². The maximum absolute atomic E-state index is 12.2. The quantitative estimate of drug-likeness (QED) is 0.776. The monoisotopic (exact) mass is 306 g/mol. The second kappa shape index (κ2) is 6.04. The Morgan fingerprint density at radius 1 is 1.13 bits per heavy atom.